The van der Waals surface area contributed by atoms with Crippen molar-refractivity contribution in [3.05, 3.63) is 58.6 Å². The quantitative estimate of drug-likeness (QED) is 0.310. The number of hydrogen-bond donors (Lipinski definition) is 3. The Labute approximate surface area is 183 Å². The summed E-state index contributed by atoms with van der Waals surface area (Å²) in [7, 11) is 0. The molecule has 2 aromatic rings. The van der Waals surface area contributed by atoms with E-state index in [1.807, 2.05) is 19.1 Å². The Morgan fingerprint density at radius 2 is 1.80 bits per heavy atom. The fourth-order valence-electron chi connectivity index (χ4n) is 2.19. The Morgan fingerprint density at radius 1 is 1.10 bits per heavy atom. The second kappa shape index (κ2) is 11.7. The van der Waals surface area contributed by atoms with E-state index < -0.39 is 11.8 Å². The first-order chi connectivity index (χ1) is 14.4. The van der Waals surface area contributed by atoms with Gasteiger partial charge >= 0.3 is 11.8 Å². The van der Waals surface area contributed by atoms with Crippen LogP contribution in [0.4, 0.5) is 5.69 Å². The van der Waals surface area contributed by atoms with Gasteiger partial charge in [0.1, 0.15) is 5.75 Å². The number of hydrogen-bond acceptors (Lipinski definition) is 5. The van der Waals surface area contributed by atoms with Crippen molar-refractivity contribution in [2.75, 3.05) is 11.9 Å². The zero-order valence-corrected chi connectivity index (χ0v) is 18.2. The van der Waals surface area contributed by atoms with E-state index in [2.05, 4.69) is 37.1 Å². The minimum atomic E-state index is -0.862. The lowest BCUT2D eigenvalue weighted by Gasteiger charge is -2.10. The summed E-state index contributed by atoms with van der Waals surface area (Å²) in [5.74, 6) is -1.53. The van der Waals surface area contributed by atoms with Gasteiger partial charge in [-0.3, -0.25) is 14.4 Å². The van der Waals surface area contributed by atoms with E-state index in [1.165, 1.54) is 6.21 Å². The fourth-order valence-corrected chi connectivity index (χ4v) is 2.46. The molecule has 8 nitrogen and oxygen atoms in total. The van der Waals surface area contributed by atoms with Gasteiger partial charge in [-0.2, -0.15) is 5.10 Å². The number of halogens is 1. The highest BCUT2D eigenvalue weighted by molar-refractivity contribution is 9.10. The minimum absolute atomic E-state index is 0.107. The Bertz CT molecular complexity index is 915. The molecule has 2 aromatic carbocycles. The SMILES string of the molecule is CC[C@H](C)NC(=O)C(=O)N/N=C\c1ccccc1OCC(=O)Nc1ccc(Br)cc1. The number of ether oxygens (including phenoxy) is 1. The van der Waals surface area contributed by atoms with E-state index in [1.54, 1.807) is 43.3 Å². The van der Waals surface area contributed by atoms with E-state index in [-0.39, 0.29) is 18.6 Å². The summed E-state index contributed by atoms with van der Waals surface area (Å²) >= 11 is 3.33. The van der Waals surface area contributed by atoms with Crippen LogP contribution in [0.25, 0.3) is 0 Å². The molecule has 30 heavy (non-hydrogen) atoms. The number of amides is 3. The molecule has 0 aliphatic heterocycles. The summed E-state index contributed by atoms with van der Waals surface area (Å²) in [5.41, 5.74) is 3.36. The molecule has 0 spiro atoms. The van der Waals surface area contributed by atoms with Crippen LogP contribution >= 0.6 is 15.9 Å². The van der Waals surface area contributed by atoms with Crippen molar-refractivity contribution in [1.29, 1.82) is 0 Å². The normalized spacial score (nSPS) is 11.6. The summed E-state index contributed by atoms with van der Waals surface area (Å²) in [4.78, 5) is 35.5. The Hall–Kier alpha value is -3.20. The molecule has 3 amide bonds. The second-order valence-electron chi connectivity index (χ2n) is 6.36. The highest BCUT2D eigenvalue weighted by atomic mass is 79.9. The maximum atomic E-state index is 12.1. The Kier molecular flexibility index (Phi) is 9.02. The molecule has 158 valence electrons. The van der Waals surface area contributed by atoms with Crippen molar-refractivity contribution in [2.45, 2.75) is 26.3 Å². The van der Waals surface area contributed by atoms with Crippen molar-refractivity contribution in [2.24, 2.45) is 5.10 Å². The molecule has 0 radical (unpaired) electrons. The van der Waals surface area contributed by atoms with E-state index in [9.17, 15) is 14.4 Å². The van der Waals surface area contributed by atoms with Crippen molar-refractivity contribution in [3.63, 3.8) is 0 Å². The summed E-state index contributed by atoms with van der Waals surface area (Å²) in [6.07, 6.45) is 2.05. The van der Waals surface area contributed by atoms with Gasteiger partial charge < -0.3 is 15.4 Å². The molecule has 9 heteroatoms. The molecule has 3 N–H and O–H groups in total. The summed E-state index contributed by atoms with van der Waals surface area (Å²) in [6.45, 7) is 3.50. The first-order valence-electron chi connectivity index (χ1n) is 9.30. The molecule has 0 bridgehead atoms. The van der Waals surface area contributed by atoms with Crippen LogP contribution in [0.15, 0.2) is 58.1 Å². The fraction of sp³-hybridized carbons (Fsp3) is 0.238. The van der Waals surface area contributed by atoms with E-state index >= 15 is 0 Å². The van der Waals surface area contributed by atoms with Crippen LogP contribution in [0.3, 0.4) is 0 Å². The van der Waals surface area contributed by atoms with Crippen LogP contribution in [0.1, 0.15) is 25.8 Å². The van der Waals surface area contributed by atoms with Gasteiger partial charge in [-0.1, -0.05) is 35.0 Å². The Morgan fingerprint density at radius 3 is 2.50 bits per heavy atom. The third-order valence-corrected chi connectivity index (χ3v) is 4.50. The zero-order valence-electron chi connectivity index (χ0n) is 16.6. The lowest BCUT2D eigenvalue weighted by molar-refractivity contribution is -0.139. The minimum Gasteiger partial charge on any atom is -0.483 e. The van der Waals surface area contributed by atoms with Crippen LogP contribution in [-0.4, -0.2) is 36.6 Å². The number of carbonyl (C=O) groups is 3. The molecule has 0 heterocycles. The van der Waals surface area contributed by atoms with E-state index in [4.69, 9.17) is 4.74 Å². The highest BCUT2D eigenvalue weighted by Crippen LogP contribution is 2.17. The number of hydrazone groups is 1. The monoisotopic (exact) mass is 474 g/mol. The van der Waals surface area contributed by atoms with Gasteiger partial charge in [0, 0.05) is 21.8 Å². The lowest BCUT2D eigenvalue weighted by Crippen LogP contribution is -2.41. The number of carbonyl (C=O) groups excluding carboxylic acids is 3. The topological polar surface area (TPSA) is 109 Å². The second-order valence-corrected chi connectivity index (χ2v) is 7.28. The molecule has 0 aliphatic carbocycles. The standard InChI is InChI=1S/C21H23BrN4O4/c1-3-14(2)24-20(28)21(29)26-23-12-15-6-4-5-7-18(15)30-13-19(27)25-17-10-8-16(22)9-11-17/h4-12,14H,3,13H2,1-2H3,(H,24,28)(H,25,27)(H,26,29)/b23-12-/t14-/m0/s1. The lowest BCUT2D eigenvalue weighted by atomic mass is 10.2. The molecule has 0 unspecified atom stereocenters. The third-order valence-electron chi connectivity index (χ3n) is 3.97. The number of benzene rings is 2. The number of anilines is 1. The third kappa shape index (κ3) is 7.67. The molecule has 2 rings (SSSR count). The average molecular weight is 475 g/mol. The molecule has 0 saturated carbocycles. The zero-order chi connectivity index (χ0) is 21.9. The van der Waals surface area contributed by atoms with Gasteiger partial charge in [0.05, 0.1) is 6.21 Å². The van der Waals surface area contributed by atoms with Crippen molar-refractivity contribution in [3.8, 4) is 5.75 Å². The predicted molar refractivity (Wildman–Crippen MR) is 118 cm³/mol. The summed E-state index contributed by atoms with van der Waals surface area (Å²) in [6, 6.07) is 13.9. The maximum absolute atomic E-state index is 12.1. The first kappa shape index (κ1) is 23.1. The van der Waals surface area contributed by atoms with E-state index in [0.29, 0.717) is 23.4 Å². The maximum Gasteiger partial charge on any atom is 0.329 e. The highest BCUT2D eigenvalue weighted by Gasteiger charge is 2.14. The van der Waals surface area contributed by atoms with Crippen LogP contribution < -0.4 is 20.8 Å². The van der Waals surface area contributed by atoms with Gasteiger partial charge in [-0.05, 0) is 49.7 Å². The number of rotatable bonds is 8. The molecule has 0 fully saturated rings. The van der Waals surface area contributed by atoms with Gasteiger partial charge in [0.25, 0.3) is 5.91 Å². The summed E-state index contributed by atoms with van der Waals surface area (Å²) < 4.78 is 6.47. The smallest absolute Gasteiger partial charge is 0.329 e. The van der Waals surface area contributed by atoms with Crippen molar-refractivity contribution >= 4 is 45.6 Å². The van der Waals surface area contributed by atoms with Crippen molar-refractivity contribution in [1.82, 2.24) is 10.7 Å². The predicted octanol–water partition coefficient (Wildman–Crippen LogP) is 2.83. The van der Waals surface area contributed by atoms with Crippen LogP contribution in [-0.2, 0) is 14.4 Å². The number of nitrogens with zero attached hydrogens (tertiary/aromatic N) is 1. The largest absolute Gasteiger partial charge is 0.483 e. The summed E-state index contributed by atoms with van der Waals surface area (Å²) in [5, 5.41) is 9.07. The molecule has 0 aliphatic rings. The van der Waals surface area contributed by atoms with Crippen molar-refractivity contribution < 1.29 is 19.1 Å². The molecule has 1 atom stereocenters. The molecule has 0 saturated heterocycles. The average Bonchev–Trinajstić information content (AvgIpc) is 2.74. The Balaban J connectivity index is 1.89. The van der Waals surface area contributed by atoms with Gasteiger partial charge in [0.15, 0.2) is 6.61 Å². The first-order valence-corrected chi connectivity index (χ1v) is 10.1. The molecular weight excluding hydrogens is 452 g/mol. The number of nitrogens with one attached hydrogen (secondary N) is 3. The van der Waals surface area contributed by atoms with Gasteiger partial charge in [0.2, 0.25) is 0 Å². The van der Waals surface area contributed by atoms with Gasteiger partial charge in [-0.25, -0.2) is 5.43 Å². The molecule has 0 aromatic heterocycles. The van der Waals surface area contributed by atoms with Gasteiger partial charge in [-0.15, -0.1) is 0 Å². The van der Waals surface area contributed by atoms with Crippen LogP contribution in [0.2, 0.25) is 0 Å². The van der Waals surface area contributed by atoms with E-state index in [0.717, 1.165) is 4.47 Å². The molecular formula is C21H23BrN4O4. The van der Waals surface area contributed by atoms with Crippen LogP contribution in [0.5, 0.6) is 5.75 Å². The number of para-hydroxylation sites is 1. The van der Waals surface area contributed by atoms with Crippen LogP contribution in [0, 0.1) is 0 Å².